The summed E-state index contributed by atoms with van der Waals surface area (Å²) >= 11 is 0. The van der Waals surface area contributed by atoms with Crippen LogP contribution in [0.15, 0.2) is 48.5 Å². The van der Waals surface area contributed by atoms with Gasteiger partial charge in [-0.25, -0.2) is 9.59 Å². The van der Waals surface area contributed by atoms with Gasteiger partial charge in [0.15, 0.2) is 0 Å². The lowest BCUT2D eigenvalue weighted by Crippen LogP contribution is -2.49. The summed E-state index contributed by atoms with van der Waals surface area (Å²) in [7, 11) is 1.67. The molecule has 0 unspecified atom stereocenters. The molecule has 6 aliphatic rings. The van der Waals surface area contributed by atoms with Crippen LogP contribution in [0.2, 0.25) is 0 Å². The number of anilines is 2. The molecule has 43 heavy (non-hydrogen) atoms. The molecule has 2 heterocycles. The van der Waals surface area contributed by atoms with Gasteiger partial charge in [0.2, 0.25) is 0 Å². The third-order valence-corrected chi connectivity index (χ3v) is 10.7. The monoisotopic (exact) mass is 586 g/mol. The van der Waals surface area contributed by atoms with Crippen LogP contribution in [0.4, 0.5) is 21.0 Å². The van der Waals surface area contributed by atoms with Crippen LogP contribution >= 0.6 is 0 Å². The van der Waals surface area contributed by atoms with Crippen molar-refractivity contribution in [2.24, 2.45) is 0 Å². The molecule has 8 rings (SSSR count). The molecule has 8 heteroatoms. The zero-order valence-electron chi connectivity index (χ0n) is 25.5. The van der Waals surface area contributed by atoms with Crippen molar-refractivity contribution in [3.8, 4) is 11.5 Å². The number of urea groups is 2. The zero-order valence-corrected chi connectivity index (χ0v) is 25.5. The van der Waals surface area contributed by atoms with Crippen LogP contribution in [-0.4, -0.2) is 70.3 Å². The number of benzene rings is 2. The first-order chi connectivity index (χ1) is 20.9. The van der Waals surface area contributed by atoms with Crippen LogP contribution in [0.3, 0.4) is 0 Å². The molecule has 0 bridgehead atoms. The number of carbonyl (C=O) groups is 2. The standard InChI is InChI=1S/C18H24N2O2.C17H22N2O2/c1-22-16-9-7-14(8-10-16)19-13-18(11-3-2-4-12-18)20(17(19)21)15-5-6-15;20-15-8-6-13(7-9-15)18-12-17(10-2-1-3-11-17)19(16(18)21)14-4-5-14/h7-10,15H,2-6,11-13H2,1H3;6-9,14,20H,1-5,10-12H2. The van der Waals surface area contributed by atoms with Gasteiger partial charge in [-0.05, 0) is 99.9 Å². The van der Waals surface area contributed by atoms with E-state index in [0.29, 0.717) is 12.1 Å². The number of phenolic OH excluding ortho intramolecular Hbond substituents is 1. The normalized spacial score (nSPS) is 24.5. The first-order valence-corrected chi connectivity index (χ1v) is 16.6. The lowest BCUT2D eigenvalue weighted by Gasteiger charge is -2.40. The summed E-state index contributed by atoms with van der Waals surface area (Å²) in [6.45, 7) is 1.67. The number of aromatic hydroxyl groups is 1. The van der Waals surface area contributed by atoms with E-state index in [9.17, 15) is 14.7 Å². The molecule has 4 saturated carbocycles. The molecule has 2 saturated heterocycles. The Labute approximate surface area is 255 Å². The average molecular weight is 587 g/mol. The van der Waals surface area contributed by atoms with Crippen molar-refractivity contribution in [2.45, 2.75) is 113 Å². The molecule has 4 amide bonds. The third kappa shape index (κ3) is 5.31. The Morgan fingerprint density at radius 1 is 0.628 bits per heavy atom. The largest absolute Gasteiger partial charge is 0.508 e. The molecule has 230 valence electrons. The molecule has 2 aromatic carbocycles. The van der Waals surface area contributed by atoms with E-state index in [-0.39, 0.29) is 28.9 Å². The van der Waals surface area contributed by atoms with Gasteiger partial charge in [0, 0.05) is 23.5 Å². The van der Waals surface area contributed by atoms with E-state index in [0.717, 1.165) is 55.9 Å². The van der Waals surface area contributed by atoms with Crippen molar-refractivity contribution in [3.05, 3.63) is 48.5 Å². The van der Waals surface area contributed by atoms with Gasteiger partial charge in [0.1, 0.15) is 11.5 Å². The number of amides is 4. The number of hydrogen-bond donors (Lipinski definition) is 1. The van der Waals surface area contributed by atoms with E-state index < -0.39 is 0 Å². The minimum absolute atomic E-state index is 0.0639. The quantitative estimate of drug-likeness (QED) is 0.399. The number of hydrogen-bond acceptors (Lipinski definition) is 4. The highest BCUT2D eigenvalue weighted by Gasteiger charge is 2.56. The molecule has 2 aliphatic heterocycles. The minimum Gasteiger partial charge on any atom is -0.508 e. The second-order valence-electron chi connectivity index (χ2n) is 13.7. The third-order valence-electron chi connectivity index (χ3n) is 10.7. The maximum absolute atomic E-state index is 13.0. The van der Waals surface area contributed by atoms with E-state index >= 15 is 0 Å². The zero-order chi connectivity index (χ0) is 29.6. The van der Waals surface area contributed by atoms with E-state index in [1.54, 1.807) is 19.2 Å². The fourth-order valence-electron chi connectivity index (χ4n) is 8.31. The lowest BCUT2D eigenvalue weighted by atomic mass is 9.81. The Morgan fingerprint density at radius 3 is 1.40 bits per heavy atom. The van der Waals surface area contributed by atoms with Crippen molar-refractivity contribution in [1.29, 1.82) is 0 Å². The second-order valence-corrected chi connectivity index (χ2v) is 13.7. The Balaban J connectivity index is 0.000000140. The van der Waals surface area contributed by atoms with Gasteiger partial charge in [0.05, 0.1) is 31.3 Å². The summed E-state index contributed by atoms with van der Waals surface area (Å²) in [6.07, 6.45) is 16.9. The minimum atomic E-state index is 0.0639. The Hall–Kier alpha value is -3.42. The number of ether oxygens (including phenoxy) is 1. The van der Waals surface area contributed by atoms with E-state index in [4.69, 9.17) is 4.74 Å². The lowest BCUT2D eigenvalue weighted by molar-refractivity contribution is 0.112. The number of nitrogens with zero attached hydrogens (tertiary/aromatic N) is 4. The van der Waals surface area contributed by atoms with Gasteiger partial charge < -0.3 is 19.6 Å². The number of rotatable bonds is 5. The fourth-order valence-corrected chi connectivity index (χ4v) is 8.31. The van der Waals surface area contributed by atoms with E-state index in [2.05, 4.69) is 9.80 Å². The van der Waals surface area contributed by atoms with Crippen molar-refractivity contribution >= 4 is 23.4 Å². The van der Waals surface area contributed by atoms with Crippen LogP contribution in [0, 0.1) is 0 Å². The van der Waals surface area contributed by atoms with Gasteiger partial charge in [0.25, 0.3) is 0 Å². The summed E-state index contributed by atoms with van der Waals surface area (Å²) in [4.78, 5) is 34.3. The predicted molar refractivity (Wildman–Crippen MR) is 168 cm³/mol. The van der Waals surface area contributed by atoms with E-state index in [1.807, 2.05) is 46.2 Å². The van der Waals surface area contributed by atoms with Crippen LogP contribution in [-0.2, 0) is 0 Å². The highest BCUT2D eigenvalue weighted by Crippen LogP contribution is 2.48. The van der Waals surface area contributed by atoms with Crippen LogP contribution in [0.1, 0.15) is 89.9 Å². The molecule has 1 N–H and O–H groups in total. The van der Waals surface area contributed by atoms with Gasteiger partial charge in [-0.15, -0.1) is 0 Å². The molecule has 0 atom stereocenters. The maximum Gasteiger partial charge on any atom is 0.325 e. The molecule has 2 spiro atoms. The molecule has 8 nitrogen and oxygen atoms in total. The van der Waals surface area contributed by atoms with Crippen molar-refractivity contribution < 1.29 is 19.4 Å². The summed E-state index contributed by atoms with van der Waals surface area (Å²) in [5.74, 6) is 1.08. The van der Waals surface area contributed by atoms with Gasteiger partial charge in [-0.1, -0.05) is 38.5 Å². The predicted octanol–water partition coefficient (Wildman–Crippen LogP) is 7.30. The molecule has 0 radical (unpaired) electrons. The Morgan fingerprint density at radius 2 is 1.02 bits per heavy atom. The van der Waals surface area contributed by atoms with Gasteiger partial charge in [-0.2, -0.15) is 0 Å². The molecular formula is C35H46N4O4. The second kappa shape index (κ2) is 11.3. The highest BCUT2D eigenvalue weighted by atomic mass is 16.5. The summed E-state index contributed by atoms with van der Waals surface area (Å²) in [5.41, 5.74) is 2.06. The summed E-state index contributed by atoms with van der Waals surface area (Å²) in [6, 6.07) is 16.3. The maximum atomic E-state index is 13.0. The molecule has 0 aromatic heterocycles. The Bertz CT molecular complexity index is 1310. The smallest absolute Gasteiger partial charge is 0.325 e. The van der Waals surface area contributed by atoms with Crippen molar-refractivity contribution in [3.63, 3.8) is 0 Å². The van der Waals surface area contributed by atoms with E-state index in [1.165, 1.54) is 64.2 Å². The number of phenols is 1. The molecular weight excluding hydrogens is 540 g/mol. The van der Waals surface area contributed by atoms with Gasteiger partial charge in [-0.3, -0.25) is 9.80 Å². The summed E-state index contributed by atoms with van der Waals surface area (Å²) < 4.78 is 5.22. The molecule has 2 aromatic rings. The van der Waals surface area contributed by atoms with Crippen molar-refractivity contribution in [2.75, 3.05) is 30.0 Å². The SMILES string of the molecule is COc1ccc(N2CC3(CCCCC3)N(C3CC3)C2=O)cc1.O=C1N(c2ccc(O)cc2)CC2(CCCCC2)N1C1CC1. The molecule has 4 aliphatic carbocycles. The number of methoxy groups -OCH3 is 1. The first kappa shape index (κ1) is 28.4. The molecule has 6 fully saturated rings. The van der Waals surface area contributed by atoms with Crippen LogP contribution in [0.25, 0.3) is 0 Å². The Kier molecular flexibility index (Phi) is 7.42. The van der Waals surface area contributed by atoms with Gasteiger partial charge >= 0.3 is 12.1 Å². The van der Waals surface area contributed by atoms with Crippen LogP contribution in [0.5, 0.6) is 11.5 Å². The number of carbonyl (C=O) groups excluding carboxylic acids is 2. The average Bonchev–Trinajstić information content (AvgIpc) is 3.98. The van der Waals surface area contributed by atoms with Crippen LogP contribution < -0.4 is 14.5 Å². The summed E-state index contributed by atoms with van der Waals surface area (Å²) in [5, 5.41) is 9.44. The first-order valence-electron chi connectivity index (χ1n) is 16.6. The fraction of sp³-hybridized carbons (Fsp3) is 0.600. The van der Waals surface area contributed by atoms with Crippen molar-refractivity contribution in [1.82, 2.24) is 9.80 Å². The topological polar surface area (TPSA) is 76.6 Å². The highest BCUT2D eigenvalue weighted by molar-refractivity contribution is 5.96.